The quantitative estimate of drug-likeness (QED) is 0.392. The molecule has 27 heavy (non-hydrogen) atoms. The number of rotatable bonds is 11. The Kier molecular flexibility index (Phi) is 8.66. The third kappa shape index (κ3) is 7.26. The molecule has 1 amide bonds. The third-order valence-electron chi connectivity index (χ3n) is 5.09. The zero-order chi connectivity index (χ0) is 19.6. The lowest BCUT2D eigenvalue weighted by Crippen LogP contribution is -2.21. The zero-order valence-electron chi connectivity index (χ0n) is 15.7. The summed E-state index contributed by atoms with van der Waals surface area (Å²) in [6, 6.07) is 0. The summed E-state index contributed by atoms with van der Waals surface area (Å²) in [4.78, 5) is 26.6. The highest BCUT2D eigenvalue weighted by molar-refractivity contribution is 5.75. The van der Waals surface area contributed by atoms with Crippen LogP contribution in [0.4, 0.5) is 0 Å². The smallest absolute Gasteiger partial charge is 0.332 e. The van der Waals surface area contributed by atoms with Crippen molar-refractivity contribution >= 4 is 11.9 Å². The number of nitrogens with one attached hydrogen (secondary N) is 1. The molecule has 0 aromatic carbocycles. The fraction of sp³-hybridized carbons (Fsp3) is 0.778. The molecule has 0 radical (unpaired) electrons. The molecule has 0 bridgehead atoms. The summed E-state index contributed by atoms with van der Waals surface area (Å²) in [5.41, 5.74) is 1.65. The summed E-state index contributed by atoms with van der Waals surface area (Å²) in [7, 11) is 0. The standard InChI is InChI=1S/C18H29N3O6/c1-12(18(23)24)26-11-15-19-17(27-21-15)14(10-16(22)20-25)9-5-8-13-6-3-2-4-7-13/h12-14,25H,2-11H2,1H3,(H,20,22)(H,23,24). The van der Waals surface area contributed by atoms with E-state index in [1.54, 1.807) is 5.48 Å². The lowest BCUT2D eigenvalue weighted by molar-refractivity contribution is -0.150. The van der Waals surface area contributed by atoms with E-state index in [9.17, 15) is 9.59 Å². The minimum absolute atomic E-state index is 0.0508. The van der Waals surface area contributed by atoms with Crippen molar-refractivity contribution in [2.45, 2.75) is 83.3 Å². The predicted molar refractivity (Wildman–Crippen MR) is 93.9 cm³/mol. The summed E-state index contributed by atoms with van der Waals surface area (Å²) in [5.74, 6) is -0.579. The van der Waals surface area contributed by atoms with Crippen molar-refractivity contribution in [3.63, 3.8) is 0 Å². The summed E-state index contributed by atoms with van der Waals surface area (Å²) in [6.45, 7) is 1.33. The first kappa shape index (κ1) is 21.3. The number of ether oxygens (including phenoxy) is 1. The highest BCUT2D eigenvalue weighted by Gasteiger charge is 2.23. The number of hydrogen-bond donors (Lipinski definition) is 3. The highest BCUT2D eigenvalue weighted by Crippen LogP contribution is 2.31. The van der Waals surface area contributed by atoms with E-state index in [2.05, 4.69) is 10.1 Å². The van der Waals surface area contributed by atoms with Gasteiger partial charge in [0.15, 0.2) is 11.9 Å². The first-order chi connectivity index (χ1) is 13.0. The van der Waals surface area contributed by atoms with Crippen molar-refractivity contribution in [1.82, 2.24) is 15.6 Å². The molecule has 9 nitrogen and oxygen atoms in total. The van der Waals surface area contributed by atoms with Gasteiger partial charge in [-0.05, 0) is 19.3 Å². The van der Waals surface area contributed by atoms with Crippen LogP contribution in [0.2, 0.25) is 0 Å². The number of amides is 1. The Labute approximate surface area is 158 Å². The topological polar surface area (TPSA) is 135 Å². The molecule has 2 rings (SSSR count). The van der Waals surface area contributed by atoms with Gasteiger partial charge in [-0.1, -0.05) is 50.1 Å². The van der Waals surface area contributed by atoms with Crippen LogP contribution >= 0.6 is 0 Å². The molecule has 1 aliphatic rings. The summed E-state index contributed by atoms with van der Waals surface area (Å²) < 4.78 is 10.4. The van der Waals surface area contributed by atoms with Gasteiger partial charge < -0.3 is 14.4 Å². The van der Waals surface area contributed by atoms with Gasteiger partial charge in [-0.15, -0.1) is 0 Å². The Bertz CT molecular complexity index is 600. The molecule has 1 heterocycles. The van der Waals surface area contributed by atoms with Crippen LogP contribution in [0.15, 0.2) is 4.52 Å². The van der Waals surface area contributed by atoms with E-state index >= 15 is 0 Å². The normalized spacial score (nSPS) is 17.4. The second kappa shape index (κ2) is 11.0. The molecule has 0 spiro atoms. The molecule has 152 valence electrons. The van der Waals surface area contributed by atoms with Gasteiger partial charge in [-0.25, -0.2) is 10.3 Å². The van der Waals surface area contributed by atoms with Gasteiger partial charge >= 0.3 is 5.97 Å². The molecule has 1 fully saturated rings. The van der Waals surface area contributed by atoms with Crippen LogP contribution in [0.3, 0.4) is 0 Å². The van der Waals surface area contributed by atoms with Crippen LogP contribution in [0.5, 0.6) is 0 Å². The summed E-state index contributed by atoms with van der Waals surface area (Å²) in [6.07, 6.45) is 8.29. The SMILES string of the molecule is CC(OCc1noc(C(CCCC2CCCCC2)CC(=O)NO)n1)C(=O)O. The summed E-state index contributed by atoms with van der Waals surface area (Å²) in [5, 5.41) is 21.4. The van der Waals surface area contributed by atoms with E-state index in [1.165, 1.54) is 39.0 Å². The second-order valence-corrected chi connectivity index (χ2v) is 7.21. The molecular weight excluding hydrogens is 354 g/mol. The van der Waals surface area contributed by atoms with Gasteiger partial charge in [-0.3, -0.25) is 10.0 Å². The van der Waals surface area contributed by atoms with E-state index < -0.39 is 18.0 Å². The molecule has 0 aliphatic heterocycles. The molecule has 1 aromatic heterocycles. The number of carboxylic acid groups (broad SMARTS) is 1. The first-order valence-electron chi connectivity index (χ1n) is 9.59. The monoisotopic (exact) mass is 383 g/mol. The minimum atomic E-state index is -1.07. The maximum absolute atomic E-state index is 11.6. The number of hydroxylamine groups is 1. The molecule has 2 unspecified atom stereocenters. The van der Waals surface area contributed by atoms with Crippen molar-refractivity contribution in [3.8, 4) is 0 Å². The number of aromatic nitrogens is 2. The van der Waals surface area contributed by atoms with Gasteiger partial charge in [-0.2, -0.15) is 4.98 Å². The van der Waals surface area contributed by atoms with Crippen molar-refractivity contribution in [3.05, 3.63) is 11.7 Å². The van der Waals surface area contributed by atoms with Crippen LogP contribution < -0.4 is 5.48 Å². The maximum Gasteiger partial charge on any atom is 0.332 e. The molecule has 9 heteroatoms. The Hall–Kier alpha value is -2.00. The molecule has 1 aromatic rings. The number of aliphatic carboxylic acids is 1. The van der Waals surface area contributed by atoms with Crippen molar-refractivity contribution in [1.29, 1.82) is 0 Å². The van der Waals surface area contributed by atoms with Crippen LogP contribution in [0.25, 0.3) is 0 Å². The van der Waals surface area contributed by atoms with E-state index in [0.717, 1.165) is 18.8 Å². The number of carboxylic acids is 1. The molecule has 1 saturated carbocycles. The number of nitrogens with zero attached hydrogens (tertiary/aromatic N) is 2. The van der Waals surface area contributed by atoms with Crippen molar-refractivity contribution in [2.75, 3.05) is 0 Å². The molecule has 3 N–H and O–H groups in total. The van der Waals surface area contributed by atoms with Crippen LogP contribution in [-0.2, 0) is 20.9 Å². The lowest BCUT2D eigenvalue weighted by atomic mass is 9.84. The van der Waals surface area contributed by atoms with E-state index in [0.29, 0.717) is 12.3 Å². The van der Waals surface area contributed by atoms with Crippen molar-refractivity contribution in [2.24, 2.45) is 5.92 Å². The fourth-order valence-electron chi connectivity index (χ4n) is 3.47. The van der Waals surface area contributed by atoms with Gasteiger partial charge in [0.25, 0.3) is 0 Å². The predicted octanol–water partition coefficient (Wildman–Crippen LogP) is 2.79. The Morgan fingerprint density at radius 3 is 2.74 bits per heavy atom. The zero-order valence-corrected chi connectivity index (χ0v) is 15.7. The van der Waals surface area contributed by atoms with Crippen LogP contribution in [0, 0.1) is 5.92 Å². The van der Waals surface area contributed by atoms with Gasteiger partial charge in [0.1, 0.15) is 6.61 Å². The Balaban J connectivity index is 1.90. The largest absolute Gasteiger partial charge is 0.479 e. The van der Waals surface area contributed by atoms with Gasteiger partial charge in [0, 0.05) is 12.3 Å². The maximum atomic E-state index is 11.6. The average molecular weight is 383 g/mol. The Morgan fingerprint density at radius 2 is 2.07 bits per heavy atom. The van der Waals surface area contributed by atoms with Crippen molar-refractivity contribution < 1.29 is 29.2 Å². The van der Waals surface area contributed by atoms with E-state index in [1.807, 2.05) is 0 Å². The van der Waals surface area contributed by atoms with E-state index in [-0.39, 0.29) is 24.8 Å². The summed E-state index contributed by atoms with van der Waals surface area (Å²) >= 11 is 0. The van der Waals surface area contributed by atoms with Crippen LogP contribution in [0.1, 0.15) is 82.3 Å². The second-order valence-electron chi connectivity index (χ2n) is 7.21. The molecule has 1 aliphatic carbocycles. The molecule has 0 saturated heterocycles. The molecule has 2 atom stereocenters. The first-order valence-corrected chi connectivity index (χ1v) is 9.59. The average Bonchev–Trinajstić information content (AvgIpc) is 3.14. The minimum Gasteiger partial charge on any atom is -0.479 e. The highest BCUT2D eigenvalue weighted by atomic mass is 16.5. The number of carbonyl (C=O) groups is 2. The molecular formula is C18H29N3O6. The van der Waals surface area contributed by atoms with E-state index in [4.69, 9.17) is 19.6 Å². The lowest BCUT2D eigenvalue weighted by Gasteiger charge is -2.22. The third-order valence-corrected chi connectivity index (χ3v) is 5.09. The number of hydrogen-bond acceptors (Lipinski definition) is 7. The van der Waals surface area contributed by atoms with Gasteiger partial charge in [0.2, 0.25) is 11.8 Å². The van der Waals surface area contributed by atoms with Crippen LogP contribution in [-0.4, -0.2) is 38.4 Å². The number of carbonyl (C=O) groups excluding carboxylic acids is 1. The van der Waals surface area contributed by atoms with Gasteiger partial charge in [0.05, 0.1) is 0 Å². The Morgan fingerprint density at radius 1 is 1.33 bits per heavy atom. The fourth-order valence-corrected chi connectivity index (χ4v) is 3.47.